The monoisotopic (exact) mass is 249 g/mol. The van der Waals surface area contributed by atoms with Crippen LogP contribution in [0.1, 0.15) is 46.2 Å². The van der Waals surface area contributed by atoms with Gasteiger partial charge in [-0.25, -0.2) is 0 Å². The van der Waals surface area contributed by atoms with Crippen LogP contribution in [0.4, 0.5) is 0 Å². The number of methoxy groups -OCH3 is 1. The molecule has 1 aromatic rings. The highest BCUT2D eigenvalue weighted by molar-refractivity contribution is 5.30. The van der Waals surface area contributed by atoms with Gasteiger partial charge < -0.3 is 10.1 Å². The summed E-state index contributed by atoms with van der Waals surface area (Å²) in [5, 5.41) is 3.62. The maximum atomic E-state index is 5.26. The van der Waals surface area contributed by atoms with Crippen LogP contribution >= 0.6 is 0 Å². The second kappa shape index (κ2) is 6.24. The first kappa shape index (κ1) is 15.0. The van der Waals surface area contributed by atoms with Crippen molar-refractivity contribution >= 4 is 0 Å². The van der Waals surface area contributed by atoms with Gasteiger partial charge in [0.15, 0.2) is 0 Å². The van der Waals surface area contributed by atoms with E-state index in [-0.39, 0.29) is 0 Å². The summed E-state index contributed by atoms with van der Waals surface area (Å²) in [5.41, 5.74) is 1.58. The molecule has 1 unspecified atom stereocenters. The molecule has 0 saturated carbocycles. The summed E-state index contributed by atoms with van der Waals surface area (Å²) in [6, 6.07) is 8.61. The molecule has 0 aliphatic carbocycles. The molecule has 0 spiro atoms. The third-order valence-corrected chi connectivity index (χ3v) is 4.02. The average molecular weight is 249 g/mol. The summed E-state index contributed by atoms with van der Waals surface area (Å²) in [6.07, 6.45) is 0. The van der Waals surface area contributed by atoms with Crippen LogP contribution in [0, 0.1) is 11.3 Å². The second-order valence-corrected chi connectivity index (χ2v) is 6.02. The van der Waals surface area contributed by atoms with Gasteiger partial charge in [-0.2, -0.15) is 0 Å². The third-order valence-electron chi connectivity index (χ3n) is 4.02. The maximum Gasteiger partial charge on any atom is 0.119 e. The molecular formula is C16H27NO. The Labute approximate surface area is 112 Å². The Bertz CT molecular complexity index is 371. The second-order valence-electron chi connectivity index (χ2n) is 6.02. The summed E-state index contributed by atoms with van der Waals surface area (Å²) >= 11 is 0. The van der Waals surface area contributed by atoms with Gasteiger partial charge in [0.2, 0.25) is 0 Å². The van der Waals surface area contributed by atoms with Gasteiger partial charge in [0.05, 0.1) is 7.11 Å². The van der Waals surface area contributed by atoms with E-state index in [2.05, 4.69) is 52.1 Å². The predicted molar refractivity (Wildman–Crippen MR) is 78.0 cm³/mol. The molecule has 0 aromatic heterocycles. The predicted octanol–water partition coefficient (Wildman–Crippen LogP) is 4.03. The largest absolute Gasteiger partial charge is 0.497 e. The standard InChI is InChI=1S/C16H27NO/c1-12(2)16(4,5)11-17-13(3)14-8-7-9-15(10-14)18-6/h7-10,12-13,17H,11H2,1-6H3. The molecule has 0 radical (unpaired) electrons. The fraction of sp³-hybridized carbons (Fsp3) is 0.625. The van der Waals surface area contributed by atoms with Gasteiger partial charge >= 0.3 is 0 Å². The molecule has 1 atom stereocenters. The van der Waals surface area contributed by atoms with E-state index in [4.69, 9.17) is 4.74 Å². The lowest BCUT2D eigenvalue weighted by atomic mass is 9.81. The zero-order valence-electron chi connectivity index (χ0n) is 12.6. The highest BCUT2D eigenvalue weighted by atomic mass is 16.5. The van der Waals surface area contributed by atoms with Crippen LogP contribution in [-0.2, 0) is 0 Å². The highest BCUT2D eigenvalue weighted by Gasteiger charge is 2.22. The lowest BCUT2D eigenvalue weighted by Gasteiger charge is -2.31. The summed E-state index contributed by atoms with van der Waals surface area (Å²) in [4.78, 5) is 0. The van der Waals surface area contributed by atoms with E-state index >= 15 is 0 Å². The summed E-state index contributed by atoms with van der Waals surface area (Å²) in [6.45, 7) is 12.4. The van der Waals surface area contributed by atoms with E-state index in [1.807, 2.05) is 12.1 Å². The number of nitrogens with one attached hydrogen (secondary N) is 1. The van der Waals surface area contributed by atoms with Crippen molar-refractivity contribution in [3.63, 3.8) is 0 Å². The van der Waals surface area contributed by atoms with Crippen molar-refractivity contribution in [1.82, 2.24) is 5.32 Å². The first-order valence-corrected chi connectivity index (χ1v) is 6.74. The Morgan fingerprint density at radius 3 is 2.44 bits per heavy atom. The lowest BCUT2D eigenvalue weighted by Crippen LogP contribution is -2.34. The number of ether oxygens (including phenoxy) is 1. The highest BCUT2D eigenvalue weighted by Crippen LogP contribution is 2.26. The first-order chi connectivity index (χ1) is 8.36. The van der Waals surface area contributed by atoms with Gasteiger partial charge in [0.1, 0.15) is 5.75 Å². The molecule has 0 bridgehead atoms. The van der Waals surface area contributed by atoms with Crippen molar-refractivity contribution in [1.29, 1.82) is 0 Å². The number of hydrogen-bond acceptors (Lipinski definition) is 2. The van der Waals surface area contributed by atoms with Gasteiger partial charge in [-0.1, -0.05) is 39.8 Å². The summed E-state index contributed by atoms with van der Waals surface area (Å²) < 4.78 is 5.26. The van der Waals surface area contributed by atoms with Crippen molar-refractivity contribution in [3.8, 4) is 5.75 Å². The number of benzene rings is 1. The fourth-order valence-electron chi connectivity index (χ4n) is 1.65. The Kier molecular flexibility index (Phi) is 5.21. The topological polar surface area (TPSA) is 21.3 Å². The van der Waals surface area contributed by atoms with Gasteiger partial charge in [0, 0.05) is 12.6 Å². The van der Waals surface area contributed by atoms with Gasteiger partial charge in [-0.3, -0.25) is 0 Å². The van der Waals surface area contributed by atoms with E-state index in [9.17, 15) is 0 Å². The lowest BCUT2D eigenvalue weighted by molar-refractivity contribution is 0.230. The first-order valence-electron chi connectivity index (χ1n) is 6.74. The van der Waals surface area contributed by atoms with Crippen LogP contribution < -0.4 is 10.1 Å². The Hall–Kier alpha value is -1.02. The molecule has 1 N–H and O–H groups in total. The average Bonchev–Trinajstić information content (AvgIpc) is 2.36. The molecule has 102 valence electrons. The number of hydrogen-bond donors (Lipinski definition) is 1. The molecule has 0 aliphatic rings. The van der Waals surface area contributed by atoms with Crippen molar-refractivity contribution in [3.05, 3.63) is 29.8 Å². The van der Waals surface area contributed by atoms with Gasteiger partial charge in [-0.15, -0.1) is 0 Å². The quantitative estimate of drug-likeness (QED) is 0.822. The molecule has 0 amide bonds. The summed E-state index contributed by atoms with van der Waals surface area (Å²) in [7, 11) is 1.71. The zero-order valence-corrected chi connectivity index (χ0v) is 12.6. The third kappa shape index (κ3) is 4.02. The van der Waals surface area contributed by atoms with Crippen LogP contribution in [0.5, 0.6) is 5.75 Å². The minimum Gasteiger partial charge on any atom is -0.497 e. The van der Waals surface area contributed by atoms with E-state index < -0.39 is 0 Å². The minimum absolute atomic E-state index is 0.313. The van der Waals surface area contributed by atoms with Crippen LogP contribution in [0.25, 0.3) is 0 Å². The molecule has 1 aromatic carbocycles. The molecule has 1 rings (SSSR count). The molecule has 0 saturated heterocycles. The van der Waals surface area contributed by atoms with Crippen LogP contribution in [0.2, 0.25) is 0 Å². The van der Waals surface area contributed by atoms with Crippen LogP contribution in [0.3, 0.4) is 0 Å². The minimum atomic E-state index is 0.313. The smallest absolute Gasteiger partial charge is 0.119 e. The fourth-order valence-corrected chi connectivity index (χ4v) is 1.65. The summed E-state index contributed by atoms with van der Waals surface area (Å²) in [5.74, 6) is 1.59. The van der Waals surface area contributed by atoms with E-state index in [0.29, 0.717) is 17.4 Å². The Balaban J connectivity index is 2.62. The molecule has 2 nitrogen and oxygen atoms in total. The molecule has 0 aliphatic heterocycles. The van der Waals surface area contributed by atoms with Gasteiger partial charge in [0.25, 0.3) is 0 Å². The van der Waals surface area contributed by atoms with Crippen molar-refractivity contribution < 1.29 is 4.74 Å². The molecular weight excluding hydrogens is 222 g/mol. The Morgan fingerprint density at radius 2 is 1.89 bits per heavy atom. The van der Waals surface area contributed by atoms with Gasteiger partial charge in [-0.05, 0) is 36.0 Å². The van der Waals surface area contributed by atoms with Crippen molar-refractivity contribution in [2.75, 3.05) is 13.7 Å². The maximum absolute atomic E-state index is 5.26. The van der Waals surface area contributed by atoms with Crippen molar-refractivity contribution in [2.24, 2.45) is 11.3 Å². The van der Waals surface area contributed by atoms with Crippen molar-refractivity contribution in [2.45, 2.75) is 40.7 Å². The normalized spacial score (nSPS) is 13.7. The van der Waals surface area contributed by atoms with E-state index in [0.717, 1.165) is 12.3 Å². The zero-order chi connectivity index (χ0) is 13.8. The molecule has 0 fully saturated rings. The van der Waals surface area contributed by atoms with E-state index in [1.165, 1.54) is 5.56 Å². The van der Waals surface area contributed by atoms with E-state index in [1.54, 1.807) is 7.11 Å². The van der Waals surface area contributed by atoms with Crippen LogP contribution in [0.15, 0.2) is 24.3 Å². The number of rotatable bonds is 6. The molecule has 2 heteroatoms. The molecule has 0 heterocycles. The van der Waals surface area contributed by atoms with Crippen LogP contribution in [-0.4, -0.2) is 13.7 Å². The molecule has 18 heavy (non-hydrogen) atoms. The SMILES string of the molecule is COc1cccc(C(C)NCC(C)(C)C(C)C)c1. The Morgan fingerprint density at radius 1 is 1.22 bits per heavy atom.